The summed E-state index contributed by atoms with van der Waals surface area (Å²) >= 11 is 4.44. The highest BCUT2D eigenvalue weighted by molar-refractivity contribution is 7.80. The lowest BCUT2D eigenvalue weighted by Crippen LogP contribution is -2.28. The summed E-state index contributed by atoms with van der Waals surface area (Å²) in [5.41, 5.74) is 2.45. The fourth-order valence-electron chi connectivity index (χ4n) is 2.21. The van der Waals surface area contributed by atoms with E-state index in [2.05, 4.69) is 17.9 Å². The lowest BCUT2D eigenvalue weighted by Gasteiger charge is -2.23. The molecule has 0 radical (unpaired) electrons. The summed E-state index contributed by atoms with van der Waals surface area (Å²) in [6, 6.07) is 0. The molecule has 0 spiro atoms. The van der Waals surface area contributed by atoms with Crippen molar-refractivity contribution in [2.24, 2.45) is 0 Å². The van der Waals surface area contributed by atoms with Crippen LogP contribution in [0.2, 0.25) is 0 Å². The van der Waals surface area contributed by atoms with Crippen LogP contribution in [0.3, 0.4) is 0 Å². The van der Waals surface area contributed by atoms with E-state index in [-0.39, 0.29) is 0 Å². The van der Waals surface area contributed by atoms with Gasteiger partial charge in [-0.05, 0) is 58.2 Å². The number of methoxy groups -OCH3 is 1. The highest BCUT2D eigenvalue weighted by Crippen LogP contribution is 2.34. The molecule has 6 heteroatoms. The van der Waals surface area contributed by atoms with E-state index in [1.54, 1.807) is 34.6 Å². The van der Waals surface area contributed by atoms with Crippen LogP contribution in [-0.4, -0.2) is 24.8 Å². The van der Waals surface area contributed by atoms with Crippen molar-refractivity contribution in [3.8, 4) is 0 Å². The van der Waals surface area contributed by atoms with E-state index in [0.29, 0.717) is 21.7 Å². The average Bonchev–Trinajstić information content (AvgIpc) is 2.39. The molecule has 122 valence electrons. The van der Waals surface area contributed by atoms with Crippen LogP contribution in [0, 0.1) is 20.8 Å². The zero-order valence-electron chi connectivity index (χ0n) is 14.1. The van der Waals surface area contributed by atoms with Crippen molar-refractivity contribution in [3.63, 3.8) is 0 Å². The number of carbonyl (C=O) groups excluding carboxylic acids is 2. The predicted octanol–water partition coefficient (Wildman–Crippen LogP) is 4.03. The first-order valence-corrected chi connectivity index (χ1v) is 7.35. The van der Waals surface area contributed by atoms with Crippen molar-refractivity contribution < 1.29 is 19.1 Å². The molecule has 0 bridgehead atoms. The molecule has 0 aliphatic carbocycles. The van der Waals surface area contributed by atoms with Gasteiger partial charge in [-0.25, -0.2) is 9.59 Å². The van der Waals surface area contributed by atoms with E-state index in [1.165, 1.54) is 7.11 Å². The van der Waals surface area contributed by atoms with Gasteiger partial charge < -0.3 is 9.47 Å². The molecule has 0 saturated heterocycles. The molecule has 22 heavy (non-hydrogen) atoms. The second-order valence-electron chi connectivity index (χ2n) is 6.09. The molecule has 1 N–H and O–H groups in total. The van der Waals surface area contributed by atoms with Gasteiger partial charge in [-0.1, -0.05) is 0 Å². The molecule has 0 atom stereocenters. The summed E-state index contributed by atoms with van der Waals surface area (Å²) in [5.74, 6) is -0.461. The Balaban J connectivity index is 3.34. The van der Waals surface area contributed by atoms with Crippen molar-refractivity contribution in [1.82, 2.24) is 0 Å². The maximum Gasteiger partial charge on any atom is 0.412 e. The Morgan fingerprint density at radius 2 is 1.59 bits per heavy atom. The van der Waals surface area contributed by atoms with E-state index < -0.39 is 17.7 Å². The molecule has 1 aromatic rings. The Kier molecular flexibility index (Phi) is 5.51. The minimum Gasteiger partial charge on any atom is -0.465 e. The van der Waals surface area contributed by atoms with E-state index in [0.717, 1.165) is 11.1 Å². The molecule has 0 aliphatic heterocycles. The highest BCUT2D eigenvalue weighted by Gasteiger charge is 2.23. The van der Waals surface area contributed by atoms with Crippen molar-refractivity contribution >= 4 is 30.4 Å². The zero-order valence-corrected chi connectivity index (χ0v) is 15.0. The third-order valence-corrected chi connectivity index (χ3v) is 3.90. The van der Waals surface area contributed by atoms with Crippen molar-refractivity contribution in [1.29, 1.82) is 0 Å². The SMILES string of the molecule is COC(=O)c1c(C)c(S)c(C)c(NC(=O)OC(C)(C)C)c1C. The molecule has 0 unspecified atom stereocenters. The second kappa shape index (κ2) is 6.60. The number of thiol groups is 1. The third kappa shape index (κ3) is 3.94. The van der Waals surface area contributed by atoms with Crippen LogP contribution >= 0.6 is 12.6 Å². The fourth-order valence-corrected chi connectivity index (χ4v) is 2.43. The fraction of sp³-hybridized carbons (Fsp3) is 0.500. The van der Waals surface area contributed by atoms with E-state index in [9.17, 15) is 9.59 Å². The molecular formula is C16H23NO4S. The molecule has 1 aromatic carbocycles. The van der Waals surface area contributed by atoms with Crippen LogP contribution in [0.25, 0.3) is 0 Å². The number of ether oxygens (including phenoxy) is 2. The Morgan fingerprint density at radius 3 is 2.05 bits per heavy atom. The van der Waals surface area contributed by atoms with Gasteiger partial charge in [0.25, 0.3) is 0 Å². The van der Waals surface area contributed by atoms with Crippen LogP contribution < -0.4 is 5.32 Å². The lowest BCUT2D eigenvalue weighted by molar-refractivity contribution is 0.0594. The third-order valence-electron chi connectivity index (χ3n) is 3.23. The van der Waals surface area contributed by atoms with E-state index in [4.69, 9.17) is 9.47 Å². The number of carbonyl (C=O) groups is 2. The first kappa shape index (κ1) is 18.4. The number of nitrogens with one attached hydrogen (secondary N) is 1. The number of anilines is 1. The molecule has 1 amide bonds. The van der Waals surface area contributed by atoms with Gasteiger partial charge in [0.2, 0.25) is 0 Å². The molecule has 0 fully saturated rings. The van der Waals surface area contributed by atoms with Gasteiger partial charge in [0.05, 0.1) is 18.4 Å². The number of hydrogen-bond acceptors (Lipinski definition) is 5. The Labute approximate surface area is 136 Å². The van der Waals surface area contributed by atoms with Crippen LogP contribution in [0.1, 0.15) is 47.8 Å². The first-order valence-electron chi connectivity index (χ1n) is 6.90. The number of benzene rings is 1. The molecule has 0 aromatic heterocycles. The molecular weight excluding hydrogens is 302 g/mol. The van der Waals surface area contributed by atoms with E-state index >= 15 is 0 Å². The van der Waals surface area contributed by atoms with Gasteiger partial charge in [-0.2, -0.15) is 0 Å². The zero-order chi connectivity index (χ0) is 17.2. The summed E-state index contributed by atoms with van der Waals surface area (Å²) in [4.78, 5) is 24.6. The van der Waals surface area contributed by atoms with Gasteiger partial charge >= 0.3 is 12.1 Å². The lowest BCUT2D eigenvalue weighted by atomic mass is 9.97. The molecule has 5 nitrogen and oxygen atoms in total. The standard InChI is InChI=1S/C16H23NO4S/c1-8-11(14(18)20-7)9(2)13(22)10(3)12(8)17-15(19)21-16(4,5)6/h22H,1-7H3,(H,17,19). The van der Waals surface area contributed by atoms with Crippen molar-refractivity contribution in [2.45, 2.75) is 52.0 Å². The molecule has 1 rings (SSSR count). The quantitative estimate of drug-likeness (QED) is 0.636. The highest BCUT2D eigenvalue weighted by atomic mass is 32.1. The largest absolute Gasteiger partial charge is 0.465 e. The summed E-state index contributed by atoms with van der Waals surface area (Å²) in [7, 11) is 1.32. The maximum atomic E-state index is 12.0. The van der Waals surface area contributed by atoms with Gasteiger partial charge in [0, 0.05) is 4.90 Å². The van der Waals surface area contributed by atoms with E-state index in [1.807, 2.05) is 6.92 Å². The van der Waals surface area contributed by atoms with Gasteiger partial charge in [-0.15, -0.1) is 12.6 Å². The number of amides is 1. The Hall–Kier alpha value is -1.69. The predicted molar refractivity (Wildman–Crippen MR) is 89.1 cm³/mol. The topological polar surface area (TPSA) is 64.6 Å². The van der Waals surface area contributed by atoms with Crippen LogP contribution in [-0.2, 0) is 9.47 Å². The molecule has 0 heterocycles. The minimum absolute atomic E-state index is 0.407. The van der Waals surface area contributed by atoms with Crippen LogP contribution in [0.5, 0.6) is 0 Å². The summed E-state index contributed by atoms with van der Waals surface area (Å²) < 4.78 is 10.1. The summed E-state index contributed by atoms with van der Waals surface area (Å²) in [6.45, 7) is 10.7. The van der Waals surface area contributed by atoms with Crippen molar-refractivity contribution in [2.75, 3.05) is 12.4 Å². The minimum atomic E-state index is -0.606. The Morgan fingerprint density at radius 1 is 1.05 bits per heavy atom. The normalized spacial score (nSPS) is 11.1. The number of rotatable bonds is 2. The first-order chi connectivity index (χ1) is 9.99. The van der Waals surface area contributed by atoms with Gasteiger partial charge in [0.1, 0.15) is 5.60 Å². The van der Waals surface area contributed by atoms with Gasteiger partial charge in [0.15, 0.2) is 0 Å². The average molecular weight is 325 g/mol. The second-order valence-corrected chi connectivity index (χ2v) is 6.54. The van der Waals surface area contributed by atoms with Gasteiger partial charge in [-0.3, -0.25) is 5.32 Å². The maximum absolute atomic E-state index is 12.0. The summed E-state index contributed by atoms with van der Waals surface area (Å²) in [5, 5.41) is 2.70. The van der Waals surface area contributed by atoms with Crippen molar-refractivity contribution in [3.05, 3.63) is 22.3 Å². The van der Waals surface area contributed by atoms with Crippen LogP contribution in [0.15, 0.2) is 4.90 Å². The molecule has 0 saturated carbocycles. The smallest absolute Gasteiger partial charge is 0.412 e. The monoisotopic (exact) mass is 325 g/mol. The molecule has 0 aliphatic rings. The number of esters is 1. The number of hydrogen-bond donors (Lipinski definition) is 2. The Bertz CT molecular complexity index is 618. The summed E-state index contributed by atoms with van der Waals surface area (Å²) in [6.07, 6.45) is -0.578. The van der Waals surface area contributed by atoms with Crippen LogP contribution in [0.4, 0.5) is 10.5 Å².